The maximum Gasteiger partial charge on any atom is 0.323 e. The lowest BCUT2D eigenvalue weighted by Gasteiger charge is -2.34. The third-order valence-electron chi connectivity index (χ3n) is 4.73. The molecular formula is C18H22N2O4. The van der Waals surface area contributed by atoms with Gasteiger partial charge in [0.05, 0.1) is 0 Å². The highest BCUT2D eigenvalue weighted by Gasteiger charge is 2.38. The van der Waals surface area contributed by atoms with Crippen molar-refractivity contribution in [3.05, 3.63) is 35.9 Å². The number of carboxylic acids is 1. The second-order valence-electron chi connectivity index (χ2n) is 6.52. The second kappa shape index (κ2) is 7.03. The Hall–Kier alpha value is -2.37. The zero-order valence-electron chi connectivity index (χ0n) is 13.6. The molecule has 1 saturated carbocycles. The minimum atomic E-state index is -0.966. The van der Waals surface area contributed by atoms with Gasteiger partial charge in [-0.15, -0.1) is 0 Å². The molecule has 1 aliphatic carbocycles. The predicted octanol–water partition coefficient (Wildman–Crippen LogP) is 1.61. The van der Waals surface area contributed by atoms with Gasteiger partial charge in [-0.05, 0) is 37.8 Å². The van der Waals surface area contributed by atoms with E-state index in [1.165, 1.54) is 4.90 Å². The third kappa shape index (κ3) is 3.75. The predicted molar refractivity (Wildman–Crippen MR) is 87.4 cm³/mol. The summed E-state index contributed by atoms with van der Waals surface area (Å²) in [7, 11) is 0. The molecule has 2 amide bonds. The molecule has 1 aliphatic heterocycles. The number of carbonyl (C=O) groups is 3. The number of carbonyl (C=O) groups excluding carboxylic acids is 2. The van der Waals surface area contributed by atoms with Gasteiger partial charge in [-0.1, -0.05) is 18.2 Å². The maximum atomic E-state index is 12.6. The molecule has 0 radical (unpaired) electrons. The molecular weight excluding hydrogens is 308 g/mol. The van der Waals surface area contributed by atoms with E-state index in [9.17, 15) is 14.4 Å². The smallest absolute Gasteiger partial charge is 0.323 e. The molecule has 1 aromatic rings. The molecule has 3 rings (SSSR count). The van der Waals surface area contributed by atoms with E-state index in [1.807, 2.05) is 18.2 Å². The Morgan fingerprint density at radius 2 is 1.67 bits per heavy atom. The number of aliphatic carboxylic acids is 1. The van der Waals surface area contributed by atoms with Gasteiger partial charge in [-0.3, -0.25) is 14.4 Å². The van der Waals surface area contributed by atoms with Crippen LogP contribution in [0.5, 0.6) is 0 Å². The molecule has 2 aliphatic rings. The number of rotatable bonds is 5. The Balaban J connectivity index is 1.57. The lowest BCUT2D eigenvalue weighted by molar-refractivity contribution is -0.147. The van der Waals surface area contributed by atoms with E-state index in [1.54, 1.807) is 17.0 Å². The van der Waals surface area contributed by atoms with Crippen molar-refractivity contribution in [1.82, 2.24) is 9.80 Å². The Bertz CT molecular complexity index is 619. The molecule has 0 unspecified atom stereocenters. The van der Waals surface area contributed by atoms with Crippen LogP contribution in [0.2, 0.25) is 0 Å². The topological polar surface area (TPSA) is 77.9 Å². The first-order valence-electron chi connectivity index (χ1n) is 8.43. The number of carboxylic acid groups (broad SMARTS) is 1. The largest absolute Gasteiger partial charge is 0.480 e. The summed E-state index contributed by atoms with van der Waals surface area (Å²) in [4.78, 5) is 39.3. The number of hydrogen-bond donors (Lipinski definition) is 1. The number of benzene rings is 1. The van der Waals surface area contributed by atoms with Gasteiger partial charge in [-0.25, -0.2) is 0 Å². The number of likely N-dealkylation sites (tertiary alicyclic amines) is 1. The molecule has 128 valence electrons. The fourth-order valence-corrected chi connectivity index (χ4v) is 3.25. The van der Waals surface area contributed by atoms with Crippen LogP contribution in [0.1, 0.15) is 36.0 Å². The van der Waals surface area contributed by atoms with Crippen LogP contribution in [0.25, 0.3) is 0 Å². The fraction of sp³-hybridized carbons (Fsp3) is 0.500. The van der Waals surface area contributed by atoms with E-state index in [0.29, 0.717) is 31.5 Å². The molecule has 1 aromatic carbocycles. The number of nitrogens with zero attached hydrogens (tertiary/aromatic N) is 2. The van der Waals surface area contributed by atoms with Crippen molar-refractivity contribution in [1.29, 1.82) is 0 Å². The van der Waals surface area contributed by atoms with Gasteiger partial charge in [0.1, 0.15) is 6.54 Å². The van der Waals surface area contributed by atoms with Crippen LogP contribution in [0, 0.1) is 5.92 Å². The molecule has 0 aromatic heterocycles. The van der Waals surface area contributed by atoms with E-state index < -0.39 is 5.97 Å². The standard InChI is InChI=1S/C18H22N2O4/c21-16(22)12-20(15-6-7-15)18(24)14-8-10-19(11-9-14)17(23)13-4-2-1-3-5-13/h1-5,14-15H,6-12H2,(H,21,22). The first-order valence-corrected chi connectivity index (χ1v) is 8.43. The summed E-state index contributed by atoms with van der Waals surface area (Å²) in [5.41, 5.74) is 0.660. The number of amides is 2. The summed E-state index contributed by atoms with van der Waals surface area (Å²) in [5, 5.41) is 9.00. The van der Waals surface area contributed by atoms with Crippen LogP contribution in [-0.2, 0) is 9.59 Å². The Labute approximate surface area is 141 Å². The van der Waals surface area contributed by atoms with Crippen LogP contribution >= 0.6 is 0 Å². The quantitative estimate of drug-likeness (QED) is 0.890. The summed E-state index contributed by atoms with van der Waals surface area (Å²) >= 11 is 0. The van der Waals surface area contributed by atoms with Crippen molar-refractivity contribution in [2.75, 3.05) is 19.6 Å². The Kier molecular flexibility index (Phi) is 4.83. The summed E-state index contributed by atoms with van der Waals surface area (Å²) in [6.07, 6.45) is 2.98. The molecule has 2 fully saturated rings. The van der Waals surface area contributed by atoms with Crippen molar-refractivity contribution in [3.63, 3.8) is 0 Å². The van der Waals surface area contributed by atoms with Gasteiger partial charge >= 0.3 is 5.97 Å². The number of piperidine rings is 1. The molecule has 0 bridgehead atoms. The highest BCUT2D eigenvalue weighted by molar-refractivity contribution is 5.94. The molecule has 6 nitrogen and oxygen atoms in total. The van der Waals surface area contributed by atoms with Crippen molar-refractivity contribution >= 4 is 17.8 Å². The SMILES string of the molecule is O=C(O)CN(C(=O)C1CCN(C(=O)c2ccccc2)CC1)C1CC1. The van der Waals surface area contributed by atoms with E-state index in [0.717, 1.165) is 12.8 Å². The van der Waals surface area contributed by atoms with Gasteiger partial charge in [-0.2, -0.15) is 0 Å². The van der Waals surface area contributed by atoms with Gasteiger partial charge in [0.15, 0.2) is 0 Å². The molecule has 1 saturated heterocycles. The molecule has 0 spiro atoms. The van der Waals surface area contributed by atoms with Gasteiger partial charge < -0.3 is 14.9 Å². The molecule has 6 heteroatoms. The molecule has 0 atom stereocenters. The first kappa shape index (κ1) is 16.5. The van der Waals surface area contributed by atoms with Crippen LogP contribution < -0.4 is 0 Å². The second-order valence-corrected chi connectivity index (χ2v) is 6.52. The zero-order chi connectivity index (χ0) is 17.1. The first-order chi connectivity index (χ1) is 11.6. The molecule has 1 heterocycles. The summed E-state index contributed by atoms with van der Waals surface area (Å²) in [6.45, 7) is 0.859. The van der Waals surface area contributed by atoms with E-state index >= 15 is 0 Å². The average molecular weight is 330 g/mol. The van der Waals surface area contributed by atoms with E-state index in [4.69, 9.17) is 5.11 Å². The van der Waals surface area contributed by atoms with Crippen molar-refractivity contribution in [2.24, 2.45) is 5.92 Å². The summed E-state index contributed by atoms with van der Waals surface area (Å²) < 4.78 is 0. The van der Waals surface area contributed by atoms with E-state index in [2.05, 4.69) is 0 Å². The van der Waals surface area contributed by atoms with Crippen LogP contribution in [0.4, 0.5) is 0 Å². The van der Waals surface area contributed by atoms with E-state index in [-0.39, 0.29) is 30.3 Å². The monoisotopic (exact) mass is 330 g/mol. The maximum absolute atomic E-state index is 12.6. The van der Waals surface area contributed by atoms with Crippen LogP contribution in [-0.4, -0.2) is 58.4 Å². The van der Waals surface area contributed by atoms with Gasteiger partial charge in [0.2, 0.25) is 5.91 Å². The lowest BCUT2D eigenvalue weighted by atomic mass is 9.94. The van der Waals surface area contributed by atoms with Crippen LogP contribution in [0.3, 0.4) is 0 Å². The summed E-state index contributed by atoms with van der Waals surface area (Å²) in [6, 6.07) is 9.22. The lowest BCUT2D eigenvalue weighted by Crippen LogP contribution is -2.46. The van der Waals surface area contributed by atoms with Crippen LogP contribution in [0.15, 0.2) is 30.3 Å². The Morgan fingerprint density at radius 3 is 2.21 bits per heavy atom. The fourth-order valence-electron chi connectivity index (χ4n) is 3.25. The molecule has 1 N–H and O–H groups in total. The van der Waals surface area contributed by atoms with Crippen molar-refractivity contribution in [2.45, 2.75) is 31.7 Å². The van der Waals surface area contributed by atoms with Crippen molar-refractivity contribution in [3.8, 4) is 0 Å². The average Bonchev–Trinajstić information content (AvgIpc) is 3.44. The highest BCUT2D eigenvalue weighted by Crippen LogP contribution is 2.30. The van der Waals surface area contributed by atoms with Gasteiger partial charge in [0, 0.05) is 30.6 Å². The minimum absolute atomic E-state index is 0.00826. The normalized spacial score (nSPS) is 18.2. The third-order valence-corrected chi connectivity index (χ3v) is 4.73. The minimum Gasteiger partial charge on any atom is -0.480 e. The zero-order valence-corrected chi connectivity index (χ0v) is 13.6. The number of hydrogen-bond acceptors (Lipinski definition) is 3. The summed E-state index contributed by atoms with van der Waals surface area (Å²) in [5.74, 6) is -1.21. The van der Waals surface area contributed by atoms with Crippen molar-refractivity contribution < 1.29 is 19.5 Å². The Morgan fingerprint density at radius 1 is 1.04 bits per heavy atom. The highest BCUT2D eigenvalue weighted by atomic mass is 16.4. The molecule has 24 heavy (non-hydrogen) atoms. The van der Waals surface area contributed by atoms with Gasteiger partial charge in [0.25, 0.3) is 5.91 Å².